The number of aromatic nitrogens is 1. The van der Waals surface area contributed by atoms with Crippen LogP contribution in [-0.4, -0.2) is 34.2 Å². The Hall–Kier alpha value is -2.40. The molecule has 1 saturated carbocycles. The maximum absolute atomic E-state index is 13.0. The number of pyridine rings is 1. The molecular formula is C26H35N3O2. The fourth-order valence-electron chi connectivity index (χ4n) is 4.85. The SMILES string of the molecule is CC(C)(C)OC(=O)N(c1ccc(C2CCCN2Cc2ccccc2)cn1)C1CCCC1. The quantitative estimate of drug-likeness (QED) is 0.585. The Bertz CT molecular complexity index is 854. The summed E-state index contributed by atoms with van der Waals surface area (Å²) in [4.78, 5) is 22.1. The van der Waals surface area contributed by atoms with E-state index < -0.39 is 5.60 Å². The summed E-state index contributed by atoms with van der Waals surface area (Å²) in [6, 6.07) is 15.4. The fourth-order valence-corrected chi connectivity index (χ4v) is 4.85. The monoisotopic (exact) mass is 421 g/mol. The summed E-state index contributed by atoms with van der Waals surface area (Å²) in [5.41, 5.74) is 2.06. The van der Waals surface area contributed by atoms with E-state index in [4.69, 9.17) is 9.72 Å². The fraction of sp³-hybridized carbons (Fsp3) is 0.538. The molecule has 166 valence electrons. The highest BCUT2D eigenvalue weighted by atomic mass is 16.6. The maximum Gasteiger partial charge on any atom is 0.416 e. The van der Waals surface area contributed by atoms with Gasteiger partial charge in [-0.05, 0) is 70.2 Å². The first-order chi connectivity index (χ1) is 14.9. The lowest BCUT2D eigenvalue weighted by Crippen LogP contribution is -2.43. The summed E-state index contributed by atoms with van der Waals surface area (Å²) in [5.74, 6) is 0.706. The molecule has 1 amide bonds. The molecule has 1 aromatic heterocycles. The average molecular weight is 422 g/mol. The van der Waals surface area contributed by atoms with Crippen molar-refractivity contribution in [1.82, 2.24) is 9.88 Å². The van der Waals surface area contributed by atoms with Crippen molar-refractivity contribution < 1.29 is 9.53 Å². The van der Waals surface area contributed by atoms with Crippen molar-refractivity contribution in [3.05, 3.63) is 59.8 Å². The van der Waals surface area contributed by atoms with Crippen molar-refractivity contribution in [2.24, 2.45) is 0 Å². The zero-order valence-corrected chi connectivity index (χ0v) is 19.1. The van der Waals surface area contributed by atoms with Crippen LogP contribution in [0, 0.1) is 0 Å². The number of benzene rings is 1. The van der Waals surface area contributed by atoms with Crippen molar-refractivity contribution in [3.8, 4) is 0 Å². The van der Waals surface area contributed by atoms with Crippen molar-refractivity contribution in [2.45, 2.75) is 83.5 Å². The lowest BCUT2D eigenvalue weighted by Gasteiger charge is -2.31. The first-order valence-corrected chi connectivity index (χ1v) is 11.7. The molecule has 0 bridgehead atoms. The van der Waals surface area contributed by atoms with Crippen LogP contribution in [0.15, 0.2) is 48.7 Å². The van der Waals surface area contributed by atoms with Gasteiger partial charge >= 0.3 is 6.09 Å². The van der Waals surface area contributed by atoms with E-state index in [-0.39, 0.29) is 12.1 Å². The third-order valence-electron chi connectivity index (χ3n) is 6.27. The van der Waals surface area contributed by atoms with Gasteiger partial charge in [-0.3, -0.25) is 9.80 Å². The lowest BCUT2D eigenvalue weighted by atomic mass is 10.1. The van der Waals surface area contributed by atoms with Crippen LogP contribution in [0.25, 0.3) is 0 Å². The molecule has 0 spiro atoms. The number of nitrogens with zero attached hydrogens (tertiary/aromatic N) is 3. The van der Waals surface area contributed by atoms with Crippen LogP contribution >= 0.6 is 0 Å². The maximum atomic E-state index is 13.0. The number of amides is 1. The number of likely N-dealkylation sites (tertiary alicyclic amines) is 1. The number of anilines is 1. The molecule has 0 radical (unpaired) electrons. The molecule has 1 aromatic carbocycles. The molecule has 31 heavy (non-hydrogen) atoms. The van der Waals surface area contributed by atoms with Gasteiger partial charge in [-0.25, -0.2) is 9.78 Å². The van der Waals surface area contributed by atoms with Gasteiger partial charge in [0.1, 0.15) is 11.4 Å². The normalized spacial score (nSPS) is 20.2. The van der Waals surface area contributed by atoms with E-state index in [1.807, 2.05) is 33.0 Å². The molecule has 1 atom stereocenters. The number of carbonyl (C=O) groups is 1. The minimum absolute atomic E-state index is 0.175. The van der Waals surface area contributed by atoms with Gasteiger partial charge in [-0.1, -0.05) is 49.2 Å². The van der Waals surface area contributed by atoms with Crippen molar-refractivity contribution in [2.75, 3.05) is 11.4 Å². The van der Waals surface area contributed by atoms with Crippen LogP contribution in [-0.2, 0) is 11.3 Å². The third-order valence-corrected chi connectivity index (χ3v) is 6.27. The molecule has 2 aliphatic rings. The van der Waals surface area contributed by atoms with Gasteiger partial charge in [0.2, 0.25) is 0 Å². The Morgan fingerprint density at radius 1 is 1.06 bits per heavy atom. The standard InChI is InChI=1S/C26H35N3O2/c1-26(2,3)31-25(30)29(22-12-7-8-13-22)24-16-15-21(18-27-24)23-14-9-17-28(23)19-20-10-5-4-6-11-20/h4-6,10-11,15-16,18,22-23H,7-9,12-14,17,19H2,1-3H3. The van der Waals surface area contributed by atoms with Gasteiger partial charge < -0.3 is 4.74 Å². The topological polar surface area (TPSA) is 45.7 Å². The second-order valence-corrected chi connectivity index (χ2v) is 9.85. The Morgan fingerprint density at radius 2 is 1.81 bits per heavy atom. The second-order valence-electron chi connectivity index (χ2n) is 9.85. The van der Waals surface area contributed by atoms with Crippen LogP contribution in [0.1, 0.15) is 76.5 Å². The van der Waals surface area contributed by atoms with Gasteiger partial charge in [0.25, 0.3) is 0 Å². The number of ether oxygens (including phenoxy) is 1. The lowest BCUT2D eigenvalue weighted by molar-refractivity contribution is 0.0564. The third kappa shape index (κ3) is 5.45. The highest BCUT2D eigenvalue weighted by molar-refractivity contribution is 5.87. The first-order valence-electron chi connectivity index (χ1n) is 11.7. The van der Waals surface area contributed by atoms with E-state index in [1.54, 1.807) is 4.90 Å². The van der Waals surface area contributed by atoms with E-state index in [2.05, 4.69) is 41.3 Å². The van der Waals surface area contributed by atoms with Gasteiger partial charge in [0.05, 0.1) is 0 Å². The Labute approximate surface area is 186 Å². The molecule has 1 aliphatic heterocycles. The highest BCUT2D eigenvalue weighted by Gasteiger charge is 2.33. The van der Waals surface area contributed by atoms with E-state index in [0.717, 1.165) is 45.2 Å². The second kappa shape index (κ2) is 9.39. The Morgan fingerprint density at radius 3 is 2.45 bits per heavy atom. The van der Waals surface area contributed by atoms with Crippen LogP contribution < -0.4 is 4.90 Å². The van der Waals surface area contributed by atoms with E-state index in [1.165, 1.54) is 17.5 Å². The van der Waals surface area contributed by atoms with Crippen LogP contribution in [0.5, 0.6) is 0 Å². The summed E-state index contributed by atoms with van der Waals surface area (Å²) in [7, 11) is 0. The highest BCUT2D eigenvalue weighted by Crippen LogP contribution is 2.34. The minimum Gasteiger partial charge on any atom is -0.443 e. The van der Waals surface area contributed by atoms with Gasteiger partial charge in [0.15, 0.2) is 0 Å². The smallest absolute Gasteiger partial charge is 0.416 e. The molecule has 2 heterocycles. The number of hydrogen-bond donors (Lipinski definition) is 0. The summed E-state index contributed by atoms with van der Waals surface area (Å²) in [6.07, 6.45) is 8.35. The summed E-state index contributed by atoms with van der Waals surface area (Å²) in [6.45, 7) is 7.80. The van der Waals surface area contributed by atoms with Crippen LogP contribution in [0.4, 0.5) is 10.6 Å². The van der Waals surface area contributed by atoms with Crippen LogP contribution in [0.3, 0.4) is 0 Å². The molecule has 2 fully saturated rings. The molecule has 0 N–H and O–H groups in total. The van der Waals surface area contributed by atoms with E-state index in [0.29, 0.717) is 11.9 Å². The predicted molar refractivity (Wildman–Crippen MR) is 124 cm³/mol. The van der Waals surface area contributed by atoms with Gasteiger partial charge in [-0.15, -0.1) is 0 Å². The molecule has 5 heteroatoms. The number of hydrogen-bond acceptors (Lipinski definition) is 4. The zero-order valence-electron chi connectivity index (χ0n) is 19.1. The molecule has 1 saturated heterocycles. The largest absolute Gasteiger partial charge is 0.443 e. The van der Waals surface area contributed by atoms with Crippen molar-refractivity contribution in [3.63, 3.8) is 0 Å². The zero-order chi connectivity index (χ0) is 21.8. The molecule has 5 nitrogen and oxygen atoms in total. The van der Waals surface area contributed by atoms with Crippen LogP contribution in [0.2, 0.25) is 0 Å². The minimum atomic E-state index is -0.518. The Kier molecular flexibility index (Phi) is 6.61. The summed E-state index contributed by atoms with van der Waals surface area (Å²) in [5, 5.41) is 0. The van der Waals surface area contributed by atoms with Crippen molar-refractivity contribution in [1.29, 1.82) is 0 Å². The first kappa shape index (κ1) is 21.8. The summed E-state index contributed by atoms with van der Waals surface area (Å²) < 4.78 is 5.72. The molecular weight excluding hydrogens is 386 g/mol. The Balaban J connectivity index is 1.51. The van der Waals surface area contributed by atoms with E-state index >= 15 is 0 Å². The predicted octanol–water partition coefficient (Wildman–Crippen LogP) is 6.10. The average Bonchev–Trinajstić information content (AvgIpc) is 3.41. The van der Waals surface area contributed by atoms with Gasteiger partial charge in [0, 0.05) is 24.8 Å². The van der Waals surface area contributed by atoms with E-state index in [9.17, 15) is 4.79 Å². The molecule has 2 aromatic rings. The molecule has 1 aliphatic carbocycles. The van der Waals surface area contributed by atoms with Gasteiger partial charge in [-0.2, -0.15) is 0 Å². The molecule has 4 rings (SSSR count). The molecule has 1 unspecified atom stereocenters. The number of carbonyl (C=O) groups excluding carboxylic acids is 1. The summed E-state index contributed by atoms with van der Waals surface area (Å²) >= 11 is 0. The van der Waals surface area contributed by atoms with Crippen molar-refractivity contribution >= 4 is 11.9 Å². The number of rotatable bonds is 5.